The number of hydrogen-bond donors (Lipinski definition) is 2. The lowest BCUT2D eigenvalue weighted by atomic mass is 10.1. The molecule has 15 heavy (non-hydrogen) atoms. The highest BCUT2D eigenvalue weighted by Gasteiger charge is 2.18. The van der Waals surface area contributed by atoms with Crippen LogP contribution in [-0.4, -0.2) is 29.4 Å². The second-order valence-electron chi connectivity index (χ2n) is 4.39. The fourth-order valence-electron chi connectivity index (χ4n) is 1.00. The molecule has 0 radical (unpaired) electrons. The third-order valence-corrected chi connectivity index (χ3v) is 1.66. The molecule has 88 valence electrons. The second-order valence-corrected chi connectivity index (χ2v) is 4.39. The van der Waals surface area contributed by atoms with Crippen molar-refractivity contribution in [2.75, 3.05) is 6.61 Å². The smallest absolute Gasteiger partial charge is 0.407 e. The van der Waals surface area contributed by atoms with Crippen LogP contribution < -0.4 is 5.32 Å². The van der Waals surface area contributed by atoms with Crippen LogP contribution in [0.25, 0.3) is 0 Å². The molecule has 0 aromatic rings. The Hall–Kier alpha value is -1.03. The summed E-state index contributed by atoms with van der Waals surface area (Å²) in [7, 11) is 0. The minimum absolute atomic E-state index is 0.0902. The van der Waals surface area contributed by atoms with Gasteiger partial charge in [0.25, 0.3) is 0 Å². The van der Waals surface area contributed by atoms with Crippen LogP contribution in [0.15, 0.2) is 12.7 Å². The number of ether oxygens (including phenoxy) is 1. The first-order valence-corrected chi connectivity index (χ1v) is 5.10. The number of hydrogen-bond acceptors (Lipinski definition) is 3. The molecule has 4 nitrogen and oxygen atoms in total. The largest absolute Gasteiger partial charge is 0.444 e. The van der Waals surface area contributed by atoms with Gasteiger partial charge in [-0.15, -0.1) is 6.58 Å². The van der Waals surface area contributed by atoms with Crippen LogP contribution in [0.2, 0.25) is 0 Å². The summed E-state index contributed by atoms with van der Waals surface area (Å²) in [4.78, 5) is 11.3. The van der Waals surface area contributed by atoms with Crippen LogP contribution >= 0.6 is 0 Å². The van der Waals surface area contributed by atoms with E-state index in [2.05, 4.69) is 11.9 Å². The molecule has 2 N–H and O–H groups in total. The summed E-state index contributed by atoms with van der Waals surface area (Å²) >= 11 is 0. The number of rotatable bonds is 5. The Bertz CT molecular complexity index is 208. The van der Waals surface area contributed by atoms with Crippen molar-refractivity contribution >= 4 is 6.09 Å². The molecule has 0 saturated heterocycles. The quantitative estimate of drug-likeness (QED) is 0.688. The summed E-state index contributed by atoms with van der Waals surface area (Å²) in [6, 6.07) is -0.266. The van der Waals surface area contributed by atoms with Crippen LogP contribution in [0.4, 0.5) is 4.79 Å². The van der Waals surface area contributed by atoms with E-state index in [0.717, 1.165) is 6.42 Å². The Morgan fingerprint density at radius 2 is 2.20 bits per heavy atom. The molecule has 0 aromatic heterocycles. The maximum atomic E-state index is 11.3. The highest BCUT2D eigenvalue weighted by molar-refractivity contribution is 5.68. The molecule has 0 rings (SSSR count). The zero-order valence-electron chi connectivity index (χ0n) is 9.75. The zero-order chi connectivity index (χ0) is 11.9. The Morgan fingerprint density at radius 1 is 1.60 bits per heavy atom. The van der Waals surface area contributed by atoms with E-state index < -0.39 is 11.7 Å². The van der Waals surface area contributed by atoms with Crippen LogP contribution in [0.1, 0.15) is 33.6 Å². The Labute approximate surface area is 91.3 Å². The van der Waals surface area contributed by atoms with Crippen molar-refractivity contribution in [1.82, 2.24) is 5.32 Å². The standard InChI is InChI=1S/C11H21NO3/c1-5-6-7-9(8-13)12-10(14)15-11(2,3)4/h5,9,13H,1,6-8H2,2-4H3,(H,12,14)/t9-/m0/s1. The Balaban J connectivity index is 3.95. The minimum atomic E-state index is -0.511. The van der Waals surface area contributed by atoms with Crippen LogP contribution in [0.5, 0.6) is 0 Å². The number of amides is 1. The van der Waals surface area contributed by atoms with E-state index in [-0.39, 0.29) is 12.6 Å². The van der Waals surface area contributed by atoms with Gasteiger partial charge in [-0.05, 0) is 33.6 Å². The van der Waals surface area contributed by atoms with Crippen molar-refractivity contribution in [3.05, 3.63) is 12.7 Å². The van der Waals surface area contributed by atoms with E-state index in [9.17, 15) is 4.79 Å². The molecule has 0 unspecified atom stereocenters. The monoisotopic (exact) mass is 215 g/mol. The van der Waals surface area contributed by atoms with Crippen molar-refractivity contribution in [2.45, 2.75) is 45.3 Å². The molecule has 1 amide bonds. The Morgan fingerprint density at radius 3 is 2.60 bits per heavy atom. The van der Waals surface area contributed by atoms with Gasteiger partial charge in [-0.25, -0.2) is 4.79 Å². The van der Waals surface area contributed by atoms with Gasteiger partial charge in [0.2, 0.25) is 0 Å². The van der Waals surface area contributed by atoms with Gasteiger partial charge >= 0.3 is 6.09 Å². The molecule has 1 atom stereocenters. The van der Waals surface area contributed by atoms with Crippen LogP contribution in [0.3, 0.4) is 0 Å². The first-order chi connectivity index (χ1) is 6.89. The first-order valence-electron chi connectivity index (χ1n) is 5.10. The summed E-state index contributed by atoms with van der Waals surface area (Å²) in [6.45, 7) is 8.88. The van der Waals surface area contributed by atoms with E-state index in [1.165, 1.54) is 0 Å². The van der Waals surface area contributed by atoms with E-state index in [1.807, 2.05) is 0 Å². The van der Waals surface area contributed by atoms with E-state index in [4.69, 9.17) is 9.84 Å². The van der Waals surface area contributed by atoms with Crippen molar-refractivity contribution < 1.29 is 14.6 Å². The van der Waals surface area contributed by atoms with E-state index in [1.54, 1.807) is 26.8 Å². The molecule has 0 saturated carbocycles. The predicted molar refractivity (Wildman–Crippen MR) is 59.7 cm³/mol. The van der Waals surface area contributed by atoms with Crippen molar-refractivity contribution in [2.24, 2.45) is 0 Å². The van der Waals surface area contributed by atoms with Gasteiger partial charge in [0.15, 0.2) is 0 Å². The van der Waals surface area contributed by atoms with E-state index in [0.29, 0.717) is 6.42 Å². The number of allylic oxidation sites excluding steroid dienone is 1. The lowest BCUT2D eigenvalue weighted by Gasteiger charge is -2.22. The molecular weight excluding hydrogens is 194 g/mol. The minimum Gasteiger partial charge on any atom is -0.444 e. The predicted octanol–water partition coefficient (Wildman–Crippen LogP) is 1.84. The molecule has 0 fully saturated rings. The molecule has 0 spiro atoms. The third-order valence-electron chi connectivity index (χ3n) is 1.66. The van der Waals surface area contributed by atoms with Gasteiger partial charge in [0.05, 0.1) is 12.6 Å². The maximum Gasteiger partial charge on any atom is 0.407 e. The number of nitrogens with one attached hydrogen (secondary N) is 1. The number of aliphatic hydroxyl groups excluding tert-OH is 1. The van der Waals surface area contributed by atoms with Gasteiger partial charge in [-0.2, -0.15) is 0 Å². The topological polar surface area (TPSA) is 58.6 Å². The third kappa shape index (κ3) is 8.00. The highest BCUT2D eigenvalue weighted by atomic mass is 16.6. The lowest BCUT2D eigenvalue weighted by molar-refractivity contribution is 0.0479. The molecular formula is C11H21NO3. The maximum absolute atomic E-state index is 11.3. The first kappa shape index (κ1) is 14.0. The molecule has 0 aromatic carbocycles. The molecule has 0 heterocycles. The normalized spacial score (nSPS) is 13.1. The van der Waals surface area contributed by atoms with Gasteiger partial charge in [0, 0.05) is 0 Å². The zero-order valence-corrected chi connectivity index (χ0v) is 9.75. The molecule has 0 aliphatic rings. The van der Waals surface area contributed by atoms with Crippen molar-refractivity contribution in [3.8, 4) is 0 Å². The highest BCUT2D eigenvalue weighted by Crippen LogP contribution is 2.07. The number of aliphatic hydroxyl groups is 1. The fourth-order valence-corrected chi connectivity index (χ4v) is 1.00. The molecule has 0 aliphatic carbocycles. The summed E-state index contributed by atoms with van der Waals surface area (Å²) in [5.41, 5.74) is -0.511. The Kier molecular flexibility index (Phi) is 6.01. The average molecular weight is 215 g/mol. The lowest BCUT2D eigenvalue weighted by Crippen LogP contribution is -2.40. The summed E-state index contributed by atoms with van der Waals surface area (Å²) in [5.74, 6) is 0. The average Bonchev–Trinajstić information content (AvgIpc) is 2.09. The van der Waals surface area contributed by atoms with Gasteiger partial charge in [0.1, 0.15) is 5.60 Å². The number of carbonyl (C=O) groups excluding carboxylic acids is 1. The summed E-state index contributed by atoms with van der Waals surface area (Å²) < 4.78 is 5.06. The van der Waals surface area contributed by atoms with Gasteiger partial charge in [-0.3, -0.25) is 0 Å². The van der Waals surface area contributed by atoms with Crippen molar-refractivity contribution in [3.63, 3.8) is 0 Å². The SMILES string of the molecule is C=CCC[C@@H](CO)NC(=O)OC(C)(C)C. The molecule has 0 bridgehead atoms. The molecule has 4 heteroatoms. The molecule has 0 aliphatic heterocycles. The van der Waals surface area contributed by atoms with Gasteiger partial charge < -0.3 is 15.2 Å². The van der Waals surface area contributed by atoms with Gasteiger partial charge in [-0.1, -0.05) is 6.08 Å². The summed E-state index contributed by atoms with van der Waals surface area (Å²) in [6.07, 6.45) is 2.67. The van der Waals surface area contributed by atoms with Crippen LogP contribution in [-0.2, 0) is 4.74 Å². The fraction of sp³-hybridized carbons (Fsp3) is 0.727. The number of carbonyl (C=O) groups is 1. The van der Waals surface area contributed by atoms with Crippen LogP contribution in [0, 0.1) is 0 Å². The van der Waals surface area contributed by atoms with E-state index >= 15 is 0 Å². The summed E-state index contributed by atoms with van der Waals surface area (Å²) in [5, 5.41) is 11.6. The second kappa shape index (κ2) is 6.45. The number of alkyl carbamates (subject to hydrolysis) is 1. The van der Waals surface area contributed by atoms with Crippen molar-refractivity contribution in [1.29, 1.82) is 0 Å².